The Morgan fingerprint density at radius 3 is 2.75 bits per heavy atom. The highest BCUT2D eigenvalue weighted by molar-refractivity contribution is 5.87. The van der Waals surface area contributed by atoms with Gasteiger partial charge >= 0.3 is 5.97 Å². The second kappa shape index (κ2) is 6.31. The zero-order valence-corrected chi connectivity index (χ0v) is 13.4. The van der Waals surface area contributed by atoms with Crippen LogP contribution in [0.2, 0.25) is 0 Å². The van der Waals surface area contributed by atoms with Crippen LogP contribution in [0.5, 0.6) is 0 Å². The van der Waals surface area contributed by atoms with Crippen molar-refractivity contribution in [1.82, 2.24) is 9.55 Å². The maximum atomic E-state index is 13.7. The number of esters is 1. The van der Waals surface area contributed by atoms with Gasteiger partial charge in [0.25, 0.3) is 0 Å². The van der Waals surface area contributed by atoms with Gasteiger partial charge in [-0.3, -0.25) is 9.59 Å². The Hall–Kier alpha value is -2.89. The maximum Gasteiger partial charge on any atom is 0.325 e. The lowest BCUT2D eigenvalue weighted by atomic mass is 10.0. The molecule has 24 heavy (non-hydrogen) atoms. The third-order valence-electron chi connectivity index (χ3n) is 4.16. The van der Waals surface area contributed by atoms with E-state index in [9.17, 15) is 14.0 Å². The Balaban J connectivity index is 2.13. The van der Waals surface area contributed by atoms with Crippen molar-refractivity contribution < 1.29 is 13.9 Å². The minimum atomic E-state index is -0.366. The molecule has 0 spiro atoms. The molecule has 0 radical (unpaired) electrons. The lowest BCUT2D eigenvalue weighted by Gasteiger charge is -2.07. The molecule has 0 bridgehead atoms. The van der Waals surface area contributed by atoms with Crippen LogP contribution >= 0.6 is 0 Å². The molecule has 0 saturated carbocycles. The number of fused-ring (bicyclic) bond motifs is 1. The van der Waals surface area contributed by atoms with Crippen LogP contribution in [0.1, 0.15) is 16.8 Å². The zero-order valence-electron chi connectivity index (χ0n) is 13.4. The van der Waals surface area contributed by atoms with Gasteiger partial charge in [-0.15, -0.1) is 0 Å². The standard InChI is InChI=1S/C18H17FN2O3/c1-11-14(7-12-3-6-17(22)20-9-12)15-8-13(19)4-5-16(15)21(11)10-18(23)24-2/h3-6,8-9H,7,10H2,1-2H3,(H,20,22). The van der Waals surface area contributed by atoms with Crippen molar-refractivity contribution in [3.05, 3.63) is 69.5 Å². The van der Waals surface area contributed by atoms with Crippen molar-refractivity contribution in [2.24, 2.45) is 0 Å². The molecular weight excluding hydrogens is 311 g/mol. The van der Waals surface area contributed by atoms with Crippen molar-refractivity contribution in [2.45, 2.75) is 19.9 Å². The van der Waals surface area contributed by atoms with Gasteiger partial charge in [0.15, 0.2) is 0 Å². The molecule has 0 unspecified atom stereocenters. The SMILES string of the molecule is COC(=O)Cn1c(C)c(Cc2ccc(=O)[nH]c2)c2cc(F)ccc21. The molecule has 124 valence electrons. The number of carbonyl (C=O) groups excluding carboxylic acids is 1. The predicted octanol–water partition coefficient (Wildman–Crippen LogP) is 2.54. The maximum absolute atomic E-state index is 13.7. The highest BCUT2D eigenvalue weighted by Crippen LogP contribution is 2.28. The molecule has 1 N–H and O–H groups in total. The summed E-state index contributed by atoms with van der Waals surface area (Å²) < 4.78 is 20.3. The number of pyridine rings is 1. The van der Waals surface area contributed by atoms with Gasteiger partial charge in [0.1, 0.15) is 12.4 Å². The second-order valence-corrected chi connectivity index (χ2v) is 5.63. The van der Waals surface area contributed by atoms with Crippen molar-refractivity contribution in [3.8, 4) is 0 Å². The number of rotatable bonds is 4. The monoisotopic (exact) mass is 328 g/mol. The number of nitrogens with one attached hydrogen (secondary N) is 1. The Labute approximate surface area is 137 Å². The van der Waals surface area contributed by atoms with Gasteiger partial charge in [0.05, 0.1) is 7.11 Å². The summed E-state index contributed by atoms with van der Waals surface area (Å²) >= 11 is 0. The fraction of sp³-hybridized carbons (Fsp3) is 0.222. The molecule has 0 amide bonds. The number of benzene rings is 1. The van der Waals surface area contributed by atoms with Crippen LogP contribution in [0.4, 0.5) is 4.39 Å². The van der Waals surface area contributed by atoms with Gasteiger partial charge in [-0.05, 0) is 36.2 Å². The number of carbonyl (C=O) groups is 1. The van der Waals surface area contributed by atoms with E-state index in [2.05, 4.69) is 4.98 Å². The van der Waals surface area contributed by atoms with Gasteiger partial charge in [-0.25, -0.2) is 4.39 Å². The van der Waals surface area contributed by atoms with Gasteiger partial charge in [-0.1, -0.05) is 6.07 Å². The van der Waals surface area contributed by atoms with Crippen LogP contribution in [0, 0.1) is 12.7 Å². The first-order chi connectivity index (χ1) is 11.5. The highest BCUT2D eigenvalue weighted by Gasteiger charge is 2.17. The van der Waals surface area contributed by atoms with E-state index in [0.717, 1.165) is 27.7 Å². The van der Waals surface area contributed by atoms with Crippen LogP contribution in [0.25, 0.3) is 10.9 Å². The van der Waals surface area contributed by atoms with Crippen LogP contribution in [-0.4, -0.2) is 22.6 Å². The third kappa shape index (κ3) is 2.95. The van der Waals surface area contributed by atoms with Crippen LogP contribution in [-0.2, 0) is 22.5 Å². The summed E-state index contributed by atoms with van der Waals surface area (Å²) in [5.41, 5.74) is 3.29. The summed E-state index contributed by atoms with van der Waals surface area (Å²) in [5.74, 6) is -0.699. The molecule has 3 rings (SSSR count). The summed E-state index contributed by atoms with van der Waals surface area (Å²) in [4.78, 5) is 25.5. The third-order valence-corrected chi connectivity index (χ3v) is 4.16. The molecule has 6 heteroatoms. The van der Waals surface area contributed by atoms with Gasteiger partial charge in [-0.2, -0.15) is 0 Å². The lowest BCUT2D eigenvalue weighted by Crippen LogP contribution is -2.12. The lowest BCUT2D eigenvalue weighted by molar-refractivity contribution is -0.141. The second-order valence-electron chi connectivity index (χ2n) is 5.63. The smallest absolute Gasteiger partial charge is 0.325 e. The molecule has 0 aliphatic rings. The summed E-state index contributed by atoms with van der Waals surface area (Å²) in [6.07, 6.45) is 2.17. The van der Waals surface area contributed by atoms with E-state index in [0.29, 0.717) is 6.42 Å². The Morgan fingerprint density at radius 1 is 1.29 bits per heavy atom. The number of aromatic amines is 1. The number of nitrogens with zero attached hydrogens (tertiary/aromatic N) is 1. The fourth-order valence-corrected chi connectivity index (χ4v) is 2.90. The Bertz CT molecular complexity index is 952. The molecular formula is C18H17FN2O3. The predicted molar refractivity (Wildman–Crippen MR) is 88.5 cm³/mol. The van der Waals surface area contributed by atoms with Crippen LogP contribution in [0.3, 0.4) is 0 Å². The molecule has 0 atom stereocenters. The minimum Gasteiger partial charge on any atom is -0.468 e. The molecule has 0 aliphatic heterocycles. The molecule has 2 heterocycles. The molecule has 2 aromatic heterocycles. The largest absolute Gasteiger partial charge is 0.468 e. The van der Waals surface area contributed by atoms with Crippen LogP contribution < -0.4 is 5.56 Å². The van der Waals surface area contributed by atoms with E-state index in [1.165, 1.54) is 25.3 Å². The van der Waals surface area contributed by atoms with E-state index in [4.69, 9.17) is 4.74 Å². The number of methoxy groups -OCH3 is 1. The van der Waals surface area contributed by atoms with Gasteiger partial charge in [0.2, 0.25) is 5.56 Å². The summed E-state index contributed by atoms with van der Waals surface area (Å²) in [6, 6.07) is 7.70. The first-order valence-electron chi connectivity index (χ1n) is 7.51. The summed E-state index contributed by atoms with van der Waals surface area (Å²) in [6.45, 7) is 1.96. The molecule has 1 aromatic carbocycles. The van der Waals surface area contributed by atoms with Crippen molar-refractivity contribution in [3.63, 3.8) is 0 Å². The first kappa shape index (κ1) is 16.0. The Kier molecular flexibility index (Phi) is 4.20. The molecule has 0 fully saturated rings. The number of halogens is 1. The quantitative estimate of drug-likeness (QED) is 0.749. The average Bonchev–Trinajstić information content (AvgIpc) is 2.81. The van der Waals surface area contributed by atoms with Crippen molar-refractivity contribution >= 4 is 16.9 Å². The first-order valence-corrected chi connectivity index (χ1v) is 7.51. The number of hydrogen-bond acceptors (Lipinski definition) is 3. The van der Waals surface area contributed by atoms with E-state index >= 15 is 0 Å². The summed E-state index contributed by atoms with van der Waals surface area (Å²) in [5, 5.41) is 0.752. The number of ether oxygens (including phenoxy) is 1. The zero-order chi connectivity index (χ0) is 17.3. The number of hydrogen-bond donors (Lipinski definition) is 1. The van der Waals surface area contributed by atoms with E-state index in [1.54, 1.807) is 18.3 Å². The molecule has 0 saturated heterocycles. The number of H-pyrrole nitrogens is 1. The minimum absolute atomic E-state index is 0.0656. The van der Waals surface area contributed by atoms with Gasteiger partial charge in [0, 0.05) is 35.3 Å². The molecule has 5 nitrogen and oxygen atoms in total. The van der Waals surface area contributed by atoms with Crippen LogP contribution in [0.15, 0.2) is 41.3 Å². The van der Waals surface area contributed by atoms with Crippen molar-refractivity contribution in [2.75, 3.05) is 7.11 Å². The topological polar surface area (TPSA) is 64.1 Å². The highest BCUT2D eigenvalue weighted by atomic mass is 19.1. The fourth-order valence-electron chi connectivity index (χ4n) is 2.90. The van der Waals surface area contributed by atoms with Gasteiger partial charge < -0.3 is 14.3 Å². The van der Waals surface area contributed by atoms with E-state index < -0.39 is 0 Å². The average molecular weight is 328 g/mol. The number of aromatic nitrogens is 2. The van der Waals surface area contributed by atoms with E-state index in [-0.39, 0.29) is 23.9 Å². The summed E-state index contributed by atoms with van der Waals surface area (Å²) in [7, 11) is 1.34. The normalized spacial score (nSPS) is 11.0. The molecule has 3 aromatic rings. The van der Waals surface area contributed by atoms with Crippen molar-refractivity contribution in [1.29, 1.82) is 0 Å². The molecule has 0 aliphatic carbocycles. The Morgan fingerprint density at radius 2 is 2.08 bits per heavy atom. The van der Waals surface area contributed by atoms with E-state index in [1.807, 2.05) is 11.5 Å².